The van der Waals surface area contributed by atoms with E-state index in [1.165, 1.54) is 75.5 Å². The second kappa shape index (κ2) is 8.33. The predicted molar refractivity (Wildman–Crippen MR) is 119 cm³/mol. The van der Waals surface area contributed by atoms with Gasteiger partial charge in [0, 0.05) is 18.7 Å². The van der Waals surface area contributed by atoms with Crippen molar-refractivity contribution in [1.82, 2.24) is 0 Å². The van der Waals surface area contributed by atoms with Gasteiger partial charge in [-0.2, -0.15) is 0 Å². The van der Waals surface area contributed by atoms with Crippen molar-refractivity contribution in [2.45, 2.75) is 89.9 Å². The van der Waals surface area contributed by atoms with Crippen molar-refractivity contribution < 1.29 is 0 Å². The molecule has 1 aromatic rings. The quantitative estimate of drug-likeness (QED) is 0.465. The Labute approximate surface area is 172 Å². The highest BCUT2D eigenvalue weighted by molar-refractivity contribution is 5.84. The Bertz CT molecular complexity index is 651. The van der Waals surface area contributed by atoms with Gasteiger partial charge in [0.15, 0.2) is 0 Å². The Hall–Kier alpha value is -1.11. The average molecular weight is 378 g/mol. The molecule has 5 aliphatic rings. The number of benzene rings is 1. The molecule has 0 atom stereocenters. The molecule has 0 aromatic heterocycles. The maximum atomic E-state index is 4.90. The SMILES string of the molecule is CC(Cc1ccc(C2C3CC4CC(C3)CC2C4)cc1)=NCCC1CCCCC1. The first-order valence-electron chi connectivity index (χ1n) is 12.3. The van der Waals surface area contributed by atoms with Gasteiger partial charge in [-0.25, -0.2) is 0 Å². The van der Waals surface area contributed by atoms with Crippen LogP contribution in [0.25, 0.3) is 0 Å². The van der Waals surface area contributed by atoms with Crippen LogP contribution in [0.2, 0.25) is 0 Å². The van der Waals surface area contributed by atoms with Crippen molar-refractivity contribution in [1.29, 1.82) is 0 Å². The minimum Gasteiger partial charge on any atom is -0.294 e. The van der Waals surface area contributed by atoms with E-state index < -0.39 is 0 Å². The lowest BCUT2D eigenvalue weighted by atomic mass is 9.51. The van der Waals surface area contributed by atoms with Crippen molar-refractivity contribution in [3.8, 4) is 0 Å². The minimum absolute atomic E-state index is 0.868. The van der Waals surface area contributed by atoms with Crippen LogP contribution in [-0.4, -0.2) is 12.3 Å². The number of hydrogen-bond donors (Lipinski definition) is 0. The lowest BCUT2D eigenvalue weighted by Crippen LogP contribution is -2.43. The van der Waals surface area contributed by atoms with Crippen LogP contribution in [0.3, 0.4) is 0 Å². The topological polar surface area (TPSA) is 12.4 Å². The molecule has 28 heavy (non-hydrogen) atoms. The van der Waals surface area contributed by atoms with E-state index in [9.17, 15) is 0 Å². The van der Waals surface area contributed by atoms with Crippen LogP contribution in [0.4, 0.5) is 0 Å². The Morgan fingerprint density at radius 2 is 1.50 bits per heavy atom. The molecule has 0 spiro atoms. The molecule has 0 unspecified atom stereocenters. The molecular weight excluding hydrogens is 338 g/mol. The summed E-state index contributed by atoms with van der Waals surface area (Å²) in [7, 11) is 0. The van der Waals surface area contributed by atoms with Gasteiger partial charge in [-0.05, 0) is 92.1 Å². The summed E-state index contributed by atoms with van der Waals surface area (Å²) in [5.41, 5.74) is 4.41. The molecule has 5 fully saturated rings. The first-order chi connectivity index (χ1) is 13.7. The fraction of sp³-hybridized carbons (Fsp3) is 0.741. The van der Waals surface area contributed by atoms with Gasteiger partial charge in [-0.15, -0.1) is 0 Å². The summed E-state index contributed by atoms with van der Waals surface area (Å²) in [5.74, 6) is 5.95. The molecule has 0 amide bonds. The summed E-state index contributed by atoms with van der Waals surface area (Å²) in [6.07, 6.45) is 17.2. The summed E-state index contributed by atoms with van der Waals surface area (Å²) < 4.78 is 0. The molecule has 1 heteroatoms. The van der Waals surface area contributed by atoms with Crippen molar-refractivity contribution in [2.24, 2.45) is 34.6 Å². The van der Waals surface area contributed by atoms with Crippen molar-refractivity contribution in [3.63, 3.8) is 0 Å². The van der Waals surface area contributed by atoms with Crippen LogP contribution < -0.4 is 0 Å². The molecule has 6 rings (SSSR count). The maximum absolute atomic E-state index is 4.90. The first-order valence-corrected chi connectivity index (χ1v) is 12.3. The molecule has 0 N–H and O–H groups in total. The maximum Gasteiger partial charge on any atom is 0.0391 e. The molecule has 152 valence electrons. The zero-order chi connectivity index (χ0) is 18.9. The molecule has 5 aliphatic carbocycles. The van der Waals surface area contributed by atoms with Gasteiger partial charge in [0.2, 0.25) is 0 Å². The number of rotatable bonds is 6. The number of hydrogen-bond acceptors (Lipinski definition) is 1. The van der Waals surface area contributed by atoms with Crippen LogP contribution in [-0.2, 0) is 6.42 Å². The third-order valence-corrected chi connectivity index (χ3v) is 8.70. The van der Waals surface area contributed by atoms with E-state index in [0.717, 1.165) is 48.5 Å². The van der Waals surface area contributed by atoms with E-state index in [1.54, 1.807) is 12.0 Å². The molecule has 1 nitrogen and oxygen atoms in total. The fourth-order valence-corrected chi connectivity index (χ4v) is 7.59. The molecule has 4 bridgehead atoms. The zero-order valence-electron chi connectivity index (χ0n) is 17.9. The number of nitrogens with zero attached hydrogens (tertiary/aromatic N) is 1. The molecule has 0 radical (unpaired) electrons. The van der Waals surface area contributed by atoms with Crippen LogP contribution in [0.5, 0.6) is 0 Å². The van der Waals surface area contributed by atoms with E-state index >= 15 is 0 Å². The minimum atomic E-state index is 0.868. The van der Waals surface area contributed by atoms with E-state index in [0.29, 0.717) is 0 Å². The largest absolute Gasteiger partial charge is 0.294 e. The lowest BCUT2D eigenvalue weighted by Gasteiger charge is -2.54. The van der Waals surface area contributed by atoms with Gasteiger partial charge < -0.3 is 0 Å². The standard InChI is InChI=1S/C27H39N/c1-19(28-12-11-20-5-3-2-4-6-20)13-21-7-9-24(10-8-21)27-25-15-22-14-23(17-25)18-26(27)16-22/h7-10,20,22-23,25-27H,2-6,11-18H2,1H3. The van der Waals surface area contributed by atoms with Gasteiger partial charge in [0.05, 0.1) is 0 Å². The van der Waals surface area contributed by atoms with Crippen molar-refractivity contribution in [2.75, 3.05) is 6.54 Å². The second-order valence-corrected chi connectivity index (χ2v) is 10.8. The molecule has 0 saturated heterocycles. The molecule has 0 aliphatic heterocycles. The summed E-state index contributed by atoms with van der Waals surface area (Å²) in [6, 6.07) is 9.75. The highest BCUT2D eigenvalue weighted by Crippen LogP contribution is 2.59. The van der Waals surface area contributed by atoms with Crippen molar-refractivity contribution >= 4 is 5.71 Å². The van der Waals surface area contributed by atoms with Gasteiger partial charge in [0.1, 0.15) is 0 Å². The Morgan fingerprint density at radius 3 is 2.14 bits per heavy atom. The van der Waals surface area contributed by atoms with E-state index in [4.69, 9.17) is 4.99 Å². The second-order valence-electron chi connectivity index (χ2n) is 10.8. The van der Waals surface area contributed by atoms with E-state index in [1.807, 2.05) is 0 Å². The summed E-state index contributed by atoms with van der Waals surface area (Å²) in [5, 5.41) is 0. The first kappa shape index (κ1) is 18.9. The monoisotopic (exact) mass is 377 g/mol. The smallest absolute Gasteiger partial charge is 0.0391 e. The molecule has 5 saturated carbocycles. The molecule has 1 aromatic carbocycles. The molecular formula is C27H39N. The van der Waals surface area contributed by atoms with E-state index in [2.05, 4.69) is 31.2 Å². The van der Waals surface area contributed by atoms with E-state index in [-0.39, 0.29) is 0 Å². The van der Waals surface area contributed by atoms with Gasteiger partial charge in [-0.3, -0.25) is 4.99 Å². The van der Waals surface area contributed by atoms with Crippen LogP contribution in [0.1, 0.15) is 94.6 Å². The van der Waals surface area contributed by atoms with Crippen molar-refractivity contribution in [3.05, 3.63) is 35.4 Å². The summed E-state index contributed by atoms with van der Waals surface area (Å²) in [6.45, 7) is 3.27. The Balaban J connectivity index is 1.16. The Kier molecular flexibility index (Phi) is 5.62. The third kappa shape index (κ3) is 4.10. The lowest BCUT2D eigenvalue weighted by molar-refractivity contribution is -0.00278. The van der Waals surface area contributed by atoms with Gasteiger partial charge in [-0.1, -0.05) is 56.4 Å². The third-order valence-electron chi connectivity index (χ3n) is 8.70. The normalized spacial score (nSPS) is 35.5. The fourth-order valence-electron chi connectivity index (χ4n) is 7.59. The Morgan fingerprint density at radius 1 is 0.857 bits per heavy atom. The summed E-state index contributed by atoms with van der Waals surface area (Å²) in [4.78, 5) is 4.90. The molecule has 0 heterocycles. The highest BCUT2D eigenvalue weighted by atomic mass is 14.7. The zero-order valence-corrected chi connectivity index (χ0v) is 17.9. The van der Waals surface area contributed by atoms with Crippen LogP contribution in [0, 0.1) is 29.6 Å². The highest BCUT2D eigenvalue weighted by Gasteiger charge is 2.48. The van der Waals surface area contributed by atoms with Gasteiger partial charge in [0.25, 0.3) is 0 Å². The summed E-state index contributed by atoms with van der Waals surface area (Å²) >= 11 is 0. The van der Waals surface area contributed by atoms with Gasteiger partial charge >= 0.3 is 0 Å². The number of aliphatic imine (C=N–C) groups is 1. The van der Waals surface area contributed by atoms with Crippen LogP contribution in [0.15, 0.2) is 29.3 Å². The van der Waals surface area contributed by atoms with Crippen LogP contribution >= 0.6 is 0 Å². The average Bonchev–Trinajstić information content (AvgIpc) is 2.69. The predicted octanol–water partition coefficient (Wildman–Crippen LogP) is 7.20.